The summed E-state index contributed by atoms with van der Waals surface area (Å²) in [5.74, 6) is 0.227. The Hall–Kier alpha value is -3.23. The highest BCUT2D eigenvalue weighted by atomic mass is 32.1. The van der Waals surface area contributed by atoms with E-state index in [0.29, 0.717) is 32.1 Å². The number of carbonyl (C=O) groups excluding carboxylic acids is 2. The van der Waals surface area contributed by atoms with E-state index in [0.717, 1.165) is 30.6 Å². The monoisotopic (exact) mass is 534 g/mol. The molecular weight excluding hydrogens is 499 g/mol. The van der Waals surface area contributed by atoms with Gasteiger partial charge in [0.2, 0.25) is 5.91 Å². The van der Waals surface area contributed by atoms with Gasteiger partial charge < -0.3 is 15.1 Å². The average molecular weight is 535 g/mol. The van der Waals surface area contributed by atoms with Crippen LogP contribution in [0.3, 0.4) is 0 Å². The SMILES string of the molecule is CC(C)c1ccc(NC(=O)N2CCCN(C(=O)CN3CCc4sccc4C3c3cccc(F)c3)CC2)cc1. The number of halogens is 1. The Bertz CT molecular complexity index is 1280. The van der Waals surface area contributed by atoms with Crippen molar-refractivity contribution in [3.8, 4) is 0 Å². The number of rotatable bonds is 5. The van der Waals surface area contributed by atoms with Gasteiger partial charge >= 0.3 is 6.03 Å². The number of urea groups is 1. The van der Waals surface area contributed by atoms with Crippen LogP contribution in [0.25, 0.3) is 0 Å². The smallest absolute Gasteiger partial charge is 0.321 e. The molecule has 1 atom stereocenters. The standard InChI is InChI=1S/C30H35FN4O2S/c1-21(2)22-7-9-25(10-8-22)32-30(37)34-14-4-13-33(16-17-34)28(36)20-35-15-11-27-26(12-18-38-27)29(35)23-5-3-6-24(31)19-23/h3,5-10,12,18-19,21,29H,4,11,13-17,20H2,1-2H3,(H,32,37). The summed E-state index contributed by atoms with van der Waals surface area (Å²) >= 11 is 1.73. The first-order valence-corrected chi connectivity index (χ1v) is 14.3. The van der Waals surface area contributed by atoms with E-state index >= 15 is 0 Å². The second-order valence-electron chi connectivity index (χ2n) is 10.4. The van der Waals surface area contributed by atoms with E-state index < -0.39 is 0 Å². The van der Waals surface area contributed by atoms with Crippen LogP contribution in [0, 0.1) is 5.82 Å². The van der Waals surface area contributed by atoms with Crippen LogP contribution in [-0.2, 0) is 11.2 Å². The lowest BCUT2D eigenvalue weighted by Crippen LogP contribution is -2.45. The Labute approximate surface area is 228 Å². The Morgan fingerprint density at radius 1 is 1.00 bits per heavy atom. The third-order valence-corrected chi connectivity index (χ3v) is 8.53. The van der Waals surface area contributed by atoms with Gasteiger partial charge in [0, 0.05) is 43.3 Å². The van der Waals surface area contributed by atoms with E-state index in [-0.39, 0.29) is 30.3 Å². The zero-order valence-corrected chi connectivity index (χ0v) is 22.8. The third kappa shape index (κ3) is 5.92. The first-order chi connectivity index (χ1) is 18.4. The molecule has 0 radical (unpaired) electrons. The van der Waals surface area contributed by atoms with Gasteiger partial charge in [0.25, 0.3) is 0 Å². The number of benzene rings is 2. The Balaban J connectivity index is 1.21. The summed E-state index contributed by atoms with van der Waals surface area (Å²) < 4.78 is 14.1. The molecule has 2 aliphatic heterocycles. The van der Waals surface area contributed by atoms with Crippen LogP contribution in [-0.4, -0.2) is 65.9 Å². The number of hydrogen-bond acceptors (Lipinski definition) is 4. The molecule has 0 spiro atoms. The zero-order chi connectivity index (χ0) is 26.6. The van der Waals surface area contributed by atoms with Gasteiger partial charge in [0.15, 0.2) is 0 Å². The van der Waals surface area contributed by atoms with Crippen molar-refractivity contribution in [2.75, 3.05) is 44.6 Å². The average Bonchev–Trinajstić information content (AvgIpc) is 3.24. The third-order valence-electron chi connectivity index (χ3n) is 7.53. The van der Waals surface area contributed by atoms with Crippen molar-refractivity contribution < 1.29 is 14.0 Å². The number of nitrogens with one attached hydrogen (secondary N) is 1. The van der Waals surface area contributed by atoms with E-state index in [4.69, 9.17) is 0 Å². The number of carbonyl (C=O) groups is 2. The maximum atomic E-state index is 14.1. The van der Waals surface area contributed by atoms with Crippen LogP contribution in [0.4, 0.5) is 14.9 Å². The highest BCUT2D eigenvalue weighted by Crippen LogP contribution is 2.37. The second-order valence-corrected chi connectivity index (χ2v) is 11.4. The molecule has 200 valence electrons. The number of anilines is 1. The first kappa shape index (κ1) is 26.4. The molecule has 6 nitrogen and oxygen atoms in total. The number of fused-ring (bicyclic) bond motifs is 1. The summed E-state index contributed by atoms with van der Waals surface area (Å²) in [6, 6.07) is 16.5. The lowest BCUT2D eigenvalue weighted by atomic mass is 9.93. The van der Waals surface area contributed by atoms with Gasteiger partial charge in [-0.3, -0.25) is 9.69 Å². The van der Waals surface area contributed by atoms with Crippen molar-refractivity contribution in [2.45, 2.75) is 38.6 Å². The highest BCUT2D eigenvalue weighted by Gasteiger charge is 2.32. The molecule has 1 unspecified atom stereocenters. The normalized spacial score (nSPS) is 18.3. The Morgan fingerprint density at radius 2 is 1.76 bits per heavy atom. The van der Waals surface area contributed by atoms with E-state index in [1.807, 2.05) is 35.2 Å². The lowest BCUT2D eigenvalue weighted by Gasteiger charge is -2.37. The van der Waals surface area contributed by atoms with Crippen molar-refractivity contribution >= 4 is 29.0 Å². The summed E-state index contributed by atoms with van der Waals surface area (Å²) in [6.45, 7) is 7.52. The highest BCUT2D eigenvalue weighted by molar-refractivity contribution is 7.10. The molecule has 2 aliphatic rings. The molecule has 1 N–H and O–H groups in total. The largest absolute Gasteiger partial charge is 0.340 e. The van der Waals surface area contributed by atoms with Crippen LogP contribution in [0.5, 0.6) is 0 Å². The van der Waals surface area contributed by atoms with Gasteiger partial charge in [-0.25, -0.2) is 9.18 Å². The molecule has 1 aromatic heterocycles. The molecule has 0 saturated carbocycles. The fraction of sp³-hybridized carbons (Fsp3) is 0.400. The van der Waals surface area contributed by atoms with Gasteiger partial charge in [-0.1, -0.05) is 38.1 Å². The second kappa shape index (κ2) is 11.7. The van der Waals surface area contributed by atoms with E-state index in [1.165, 1.54) is 22.1 Å². The molecule has 0 bridgehead atoms. The summed E-state index contributed by atoms with van der Waals surface area (Å²) in [5.41, 5.74) is 4.05. The molecule has 5 rings (SSSR count). The van der Waals surface area contributed by atoms with Crippen molar-refractivity contribution in [1.29, 1.82) is 0 Å². The molecule has 1 saturated heterocycles. The van der Waals surface area contributed by atoms with Crippen molar-refractivity contribution in [2.24, 2.45) is 0 Å². The summed E-state index contributed by atoms with van der Waals surface area (Å²) in [6.07, 6.45) is 1.62. The quantitative estimate of drug-likeness (QED) is 0.455. The molecule has 38 heavy (non-hydrogen) atoms. The molecule has 8 heteroatoms. The molecule has 2 aromatic carbocycles. The molecule has 3 aromatic rings. The Kier molecular flexibility index (Phi) is 8.09. The van der Waals surface area contributed by atoms with Gasteiger partial charge in [-0.2, -0.15) is 0 Å². The summed E-state index contributed by atoms with van der Waals surface area (Å²) in [5, 5.41) is 5.08. The van der Waals surface area contributed by atoms with Gasteiger partial charge in [-0.05, 0) is 71.2 Å². The minimum Gasteiger partial charge on any atom is -0.340 e. The minimum atomic E-state index is -0.266. The molecule has 0 aliphatic carbocycles. The van der Waals surface area contributed by atoms with E-state index in [2.05, 4.69) is 35.5 Å². The first-order valence-electron chi connectivity index (χ1n) is 13.4. The minimum absolute atomic E-state index is 0.0524. The molecule has 3 heterocycles. The number of nitrogens with zero attached hydrogens (tertiary/aromatic N) is 3. The van der Waals surface area contributed by atoms with Crippen molar-refractivity contribution in [3.63, 3.8) is 0 Å². The number of amides is 3. The lowest BCUT2D eigenvalue weighted by molar-refractivity contribution is -0.132. The molecular formula is C30H35FN4O2S. The van der Waals surface area contributed by atoms with Crippen molar-refractivity contribution in [3.05, 3.63) is 87.4 Å². The van der Waals surface area contributed by atoms with Gasteiger partial charge in [-0.15, -0.1) is 11.3 Å². The summed E-state index contributed by atoms with van der Waals surface area (Å²) in [4.78, 5) is 33.5. The Morgan fingerprint density at radius 3 is 2.53 bits per heavy atom. The van der Waals surface area contributed by atoms with Crippen LogP contribution < -0.4 is 5.32 Å². The van der Waals surface area contributed by atoms with Crippen LogP contribution in [0.15, 0.2) is 60.0 Å². The van der Waals surface area contributed by atoms with Crippen LogP contribution >= 0.6 is 11.3 Å². The van der Waals surface area contributed by atoms with Crippen LogP contribution in [0.2, 0.25) is 0 Å². The summed E-state index contributed by atoms with van der Waals surface area (Å²) in [7, 11) is 0. The van der Waals surface area contributed by atoms with Crippen molar-refractivity contribution in [1.82, 2.24) is 14.7 Å². The number of hydrogen-bond donors (Lipinski definition) is 1. The maximum Gasteiger partial charge on any atom is 0.321 e. The number of thiophene rings is 1. The zero-order valence-electron chi connectivity index (χ0n) is 22.0. The molecule has 1 fully saturated rings. The maximum absolute atomic E-state index is 14.1. The van der Waals surface area contributed by atoms with Gasteiger partial charge in [0.05, 0.1) is 12.6 Å². The fourth-order valence-electron chi connectivity index (χ4n) is 5.40. The predicted molar refractivity (Wildman–Crippen MR) is 150 cm³/mol. The van der Waals surface area contributed by atoms with Gasteiger partial charge in [0.1, 0.15) is 5.82 Å². The van der Waals surface area contributed by atoms with Crippen LogP contribution in [0.1, 0.15) is 53.8 Å². The predicted octanol–water partition coefficient (Wildman–Crippen LogP) is 5.72. The topological polar surface area (TPSA) is 55.9 Å². The molecule has 3 amide bonds. The fourth-order valence-corrected chi connectivity index (χ4v) is 6.31. The van der Waals surface area contributed by atoms with E-state index in [1.54, 1.807) is 28.4 Å². The van der Waals surface area contributed by atoms with E-state index in [9.17, 15) is 14.0 Å².